The molecule has 2 rings (SSSR count). The van der Waals surface area contributed by atoms with Crippen molar-refractivity contribution < 1.29 is 19.1 Å². The van der Waals surface area contributed by atoms with Gasteiger partial charge in [0.2, 0.25) is 5.91 Å². The van der Waals surface area contributed by atoms with E-state index in [4.69, 9.17) is 15.3 Å². The molecule has 0 spiro atoms. The summed E-state index contributed by atoms with van der Waals surface area (Å²) in [5.74, 6) is -0.859. The monoisotopic (exact) mass is 274 g/mol. The Hall–Kier alpha value is -2.76. The molecule has 0 fully saturated rings. The molecule has 1 aromatic carbocycles. The first-order valence-corrected chi connectivity index (χ1v) is 5.96. The van der Waals surface area contributed by atoms with Gasteiger partial charge < -0.3 is 20.6 Å². The molecule has 0 aliphatic rings. The van der Waals surface area contributed by atoms with Crippen molar-refractivity contribution in [3.63, 3.8) is 0 Å². The number of nitrogens with one attached hydrogen (secondary N) is 1. The minimum Gasteiger partial charge on any atom is -0.478 e. The highest BCUT2D eigenvalue weighted by molar-refractivity contribution is 5.87. The number of hydrogen-bond acceptors (Lipinski definition) is 4. The maximum atomic E-state index is 10.8. The molecular formula is C14H14N2O4. The lowest BCUT2D eigenvalue weighted by molar-refractivity contribution is -0.117. The molecule has 20 heavy (non-hydrogen) atoms. The number of rotatable bonds is 6. The molecule has 0 saturated carbocycles. The Morgan fingerprint density at radius 3 is 2.50 bits per heavy atom. The van der Waals surface area contributed by atoms with Crippen LogP contribution in [0.1, 0.15) is 21.7 Å². The number of primary amides is 1. The molecule has 4 N–H and O–H groups in total. The largest absolute Gasteiger partial charge is 0.478 e. The van der Waals surface area contributed by atoms with Crippen LogP contribution in [0, 0.1) is 0 Å². The number of amides is 1. The summed E-state index contributed by atoms with van der Waals surface area (Å²) < 4.78 is 5.12. The first-order valence-electron chi connectivity index (χ1n) is 5.96. The predicted octanol–water partition coefficient (Wildman–Crippen LogP) is 1.62. The van der Waals surface area contributed by atoms with Gasteiger partial charge >= 0.3 is 5.97 Å². The summed E-state index contributed by atoms with van der Waals surface area (Å²) in [6, 6.07) is 8.71. The van der Waals surface area contributed by atoms with Gasteiger partial charge in [0.05, 0.1) is 18.5 Å². The Balaban J connectivity index is 1.93. The van der Waals surface area contributed by atoms with Crippen molar-refractivity contribution in [1.82, 2.24) is 0 Å². The van der Waals surface area contributed by atoms with Crippen LogP contribution in [0.15, 0.2) is 41.0 Å². The molecule has 0 aliphatic heterocycles. The van der Waals surface area contributed by atoms with Gasteiger partial charge in [0.15, 0.2) is 0 Å². The van der Waals surface area contributed by atoms with Crippen LogP contribution in [0.4, 0.5) is 5.69 Å². The van der Waals surface area contributed by atoms with Crippen molar-refractivity contribution in [2.75, 3.05) is 5.32 Å². The SMILES string of the molecule is NC(=O)Cc1ccc(NCc2cc(C(=O)O)co2)cc1. The molecule has 1 heterocycles. The molecule has 0 radical (unpaired) electrons. The van der Waals surface area contributed by atoms with Crippen LogP contribution in [-0.4, -0.2) is 17.0 Å². The number of anilines is 1. The zero-order valence-corrected chi connectivity index (χ0v) is 10.6. The summed E-state index contributed by atoms with van der Waals surface area (Å²) in [5, 5.41) is 11.9. The molecule has 0 atom stereocenters. The molecule has 0 bridgehead atoms. The highest BCUT2D eigenvalue weighted by Crippen LogP contribution is 2.13. The minimum atomic E-state index is -1.02. The van der Waals surface area contributed by atoms with Crippen molar-refractivity contribution in [2.45, 2.75) is 13.0 Å². The first-order chi connectivity index (χ1) is 9.54. The van der Waals surface area contributed by atoms with E-state index in [1.165, 1.54) is 12.3 Å². The van der Waals surface area contributed by atoms with Crippen LogP contribution >= 0.6 is 0 Å². The van der Waals surface area contributed by atoms with Crippen LogP contribution < -0.4 is 11.1 Å². The van der Waals surface area contributed by atoms with E-state index in [1.54, 1.807) is 12.1 Å². The third-order valence-corrected chi connectivity index (χ3v) is 2.70. The van der Waals surface area contributed by atoms with Crippen LogP contribution in [0.3, 0.4) is 0 Å². The highest BCUT2D eigenvalue weighted by Gasteiger charge is 2.07. The van der Waals surface area contributed by atoms with E-state index in [0.29, 0.717) is 12.3 Å². The van der Waals surface area contributed by atoms with Crippen molar-refractivity contribution in [1.29, 1.82) is 0 Å². The lowest BCUT2D eigenvalue weighted by Gasteiger charge is -2.05. The number of hydrogen-bond donors (Lipinski definition) is 3. The molecule has 1 aromatic heterocycles. The number of carboxylic acids is 1. The van der Waals surface area contributed by atoms with Gasteiger partial charge in [-0.3, -0.25) is 4.79 Å². The number of carbonyl (C=O) groups excluding carboxylic acids is 1. The lowest BCUT2D eigenvalue weighted by Crippen LogP contribution is -2.13. The summed E-state index contributed by atoms with van der Waals surface area (Å²) in [6.07, 6.45) is 1.41. The topological polar surface area (TPSA) is 106 Å². The van der Waals surface area contributed by atoms with Gasteiger partial charge in [0.1, 0.15) is 12.0 Å². The Morgan fingerprint density at radius 1 is 1.25 bits per heavy atom. The van der Waals surface area contributed by atoms with Crippen LogP contribution in [0.5, 0.6) is 0 Å². The van der Waals surface area contributed by atoms with Gasteiger partial charge in [0.25, 0.3) is 0 Å². The van der Waals surface area contributed by atoms with Crippen molar-refractivity contribution in [3.8, 4) is 0 Å². The number of carbonyl (C=O) groups is 2. The number of benzene rings is 1. The second-order valence-electron chi connectivity index (χ2n) is 4.30. The molecule has 1 amide bonds. The number of nitrogens with two attached hydrogens (primary N) is 1. The number of aromatic carboxylic acids is 1. The molecule has 2 aromatic rings. The zero-order valence-electron chi connectivity index (χ0n) is 10.6. The average molecular weight is 274 g/mol. The van der Waals surface area contributed by atoms with Gasteiger partial charge in [-0.15, -0.1) is 0 Å². The van der Waals surface area contributed by atoms with E-state index < -0.39 is 5.97 Å². The van der Waals surface area contributed by atoms with Crippen LogP contribution in [-0.2, 0) is 17.8 Å². The van der Waals surface area contributed by atoms with E-state index in [1.807, 2.05) is 12.1 Å². The average Bonchev–Trinajstić information content (AvgIpc) is 2.86. The summed E-state index contributed by atoms with van der Waals surface area (Å²) >= 11 is 0. The Bertz CT molecular complexity index is 616. The van der Waals surface area contributed by atoms with E-state index in [0.717, 1.165) is 11.3 Å². The second kappa shape index (κ2) is 5.92. The Kier molecular flexibility index (Phi) is 4.05. The van der Waals surface area contributed by atoms with Crippen molar-refractivity contribution >= 4 is 17.6 Å². The van der Waals surface area contributed by atoms with E-state index in [-0.39, 0.29) is 17.9 Å². The van der Waals surface area contributed by atoms with E-state index in [9.17, 15) is 9.59 Å². The third kappa shape index (κ3) is 3.61. The Morgan fingerprint density at radius 2 is 1.95 bits per heavy atom. The van der Waals surface area contributed by atoms with Gasteiger partial charge in [-0.05, 0) is 23.8 Å². The van der Waals surface area contributed by atoms with E-state index >= 15 is 0 Å². The summed E-state index contributed by atoms with van der Waals surface area (Å²) in [7, 11) is 0. The molecule has 6 nitrogen and oxygen atoms in total. The smallest absolute Gasteiger partial charge is 0.338 e. The summed E-state index contributed by atoms with van der Waals surface area (Å²) in [6.45, 7) is 0.377. The predicted molar refractivity (Wildman–Crippen MR) is 72.3 cm³/mol. The standard InChI is InChI=1S/C14H14N2O4/c15-13(17)5-9-1-3-11(4-2-9)16-7-12-6-10(8-20-12)14(18)19/h1-4,6,8,16H,5,7H2,(H2,15,17)(H,18,19). The zero-order chi connectivity index (χ0) is 14.5. The fourth-order valence-corrected chi connectivity index (χ4v) is 1.72. The fraction of sp³-hybridized carbons (Fsp3) is 0.143. The molecule has 0 aliphatic carbocycles. The second-order valence-corrected chi connectivity index (χ2v) is 4.30. The quantitative estimate of drug-likeness (QED) is 0.742. The molecule has 0 unspecified atom stereocenters. The lowest BCUT2D eigenvalue weighted by atomic mass is 10.1. The third-order valence-electron chi connectivity index (χ3n) is 2.70. The molecular weight excluding hydrogens is 260 g/mol. The number of carboxylic acid groups (broad SMARTS) is 1. The van der Waals surface area contributed by atoms with Crippen LogP contribution in [0.2, 0.25) is 0 Å². The van der Waals surface area contributed by atoms with Gasteiger partial charge in [-0.25, -0.2) is 4.79 Å². The maximum Gasteiger partial charge on any atom is 0.338 e. The fourth-order valence-electron chi connectivity index (χ4n) is 1.72. The highest BCUT2D eigenvalue weighted by atomic mass is 16.4. The van der Waals surface area contributed by atoms with Gasteiger partial charge in [-0.1, -0.05) is 12.1 Å². The van der Waals surface area contributed by atoms with Crippen molar-refractivity contribution in [2.24, 2.45) is 5.73 Å². The summed E-state index contributed by atoms with van der Waals surface area (Å²) in [5.41, 5.74) is 6.91. The molecule has 6 heteroatoms. The summed E-state index contributed by atoms with van der Waals surface area (Å²) in [4.78, 5) is 21.5. The van der Waals surface area contributed by atoms with Gasteiger partial charge in [0, 0.05) is 5.69 Å². The minimum absolute atomic E-state index is 0.124. The maximum absolute atomic E-state index is 10.8. The molecule has 0 saturated heterocycles. The van der Waals surface area contributed by atoms with E-state index in [2.05, 4.69) is 5.32 Å². The normalized spacial score (nSPS) is 10.2. The first kappa shape index (κ1) is 13.7. The molecule has 104 valence electrons. The van der Waals surface area contributed by atoms with Gasteiger partial charge in [-0.2, -0.15) is 0 Å². The number of furan rings is 1. The Labute approximate surface area is 115 Å². The van der Waals surface area contributed by atoms with Crippen molar-refractivity contribution in [3.05, 3.63) is 53.5 Å². The van der Waals surface area contributed by atoms with Crippen LogP contribution in [0.25, 0.3) is 0 Å².